The standard InChI is InChI=1S/C21H20N6.C8H10/c1-14-20(27-9-7-15(11-22)10-19(27)24-14)18-6-8-23-21(25-18)26-12-16-4-2-3-5-17(16)13-26;1-7-3-5-8(2)6-4-7/h2-10H,11-13,22H2,1H3;3-6H,1-2H3. The molecule has 0 aliphatic carbocycles. The van der Waals surface area contributed by atoms with Crippen LogP contribution in [0.25, 0.3) is 17.0 Å². The maximum atomic E-state index is 5.76. The van der Waals surface area contributed by atoms with Crippen molar-refractivity contribution in [2.45, 2.75) is 40.4 Å². The molecule has 0 bridgehead atoms. The quantitative estimate of drug-likeness (QED) is 0.390. The van der Waals surface area contributed by atoms with Gasteiger partial charge in [0.2, 0.25) is 5.95 Å². The van der Waals surface area contributed by atoms with Crippen molar-refractivity contribution >= 4 is 11.6 Å². The molecule has 6 rings (SSSR count). The summed E-state index contributed by atoms with van der Waals surface area (Å²) < 4.78 is 2.07. The van der Waals surface area contributed by atoms with Crippen LogP contribution in [-0.2, 0) is 19.6 Å². The molecule has 0 saturated heterocycles. The summed E-state index contributed by atoms with van der Waals surface area (Å²) in [5, 5.41) is 0. The Morgan fingerprint density at radius 2 is 1.49 bits per heavy atom. The maximum absolute atomic E-state index is 5.76. The lowest BCUT2D eigenvalue weighted by atomic mass is 10.1. The zero-order valence-corrected chi connectivity index (χ0v) is 20.4. The molecular weight excluding hydrogens is 432 g/mol. The summed E-state index contributed by atoms with van der Waals surface area (Å²) >= 11 is 0. The monoisotopic (exact) mass is 462 g/mol. The Morgan fingerprint density at radius 3 is 2.11 bits per heavy atom. The average molecular weight is 463 g/mol. The Hall–Kier alpha value is -4.03. The first-order valence-corrected chi connectivity index (χ1v) is 11.9. The fraction of sp³-hybridized carbons (Fsp3) is 0.207. The van der Waals surface area contributed by atoms with Gasteiger partial charge in [-0.2, -0.15) is 0 Å². The zero-order valence-electron chi connectivity index (χ0n) is 20.4. The molecule has 35 heavy (non-hydrogen) atoms. The van der Waals surface area contributed by atoms with E-state index in [4.69, 9.17) is 15.7 Å². The van der Waals surface area contributed by atoms with Gasteiger partial charge in [0.1, 0.15) is 5.65 Å². The number of hydrogen-bond acceptors (Lipinski definition) is 5. The van der Waals surface area contributed by atoms with Gasteiger partial charge in [-0.25, -0.2) is 15.0 Å². The van der Waals surface area contributed by atoms with Crippen molar-refractivity contribution in [2.24, 2.45) is 5.73 Å². The van der Waals surface area contributed by atoms with Gasteiger partial charge >= 0.3 is 0 Å². The molecule has 0 unspecified atom stereocenters. The predicted octanol–water partition coefficient (Wildman–Crippen LogP) is 5.38. The Morgan fingerprint density at radius 1 is 0.829 bits per heavy atom. The van der Waals surface area contributed by atoms with Crippen LogP contribution in [-0.4, -0.2) is 19.4 Å². The van der Waals surface area contributed by atoms with E-state index in [1.165, 1.54) is 22.3 Å². The van der Waals surface area contributed by atoms with E-state index in [2.05, 4.69) is 76.7 Å². The third kappa shape index (κ3) is 4.79. The highest BCUT2D eigenvalue weighted by atomic mass is 15.3. The highest BCUT2D eigenvalue weighted by Crippen LogP contribution is 2.28. The van der Waals surface area contributed by atoms with Crippen LogP contribution in [0.15, 0.2) is 79.1 Å². The lowest BCUT2D eigenvalue weighted by molar-refractivity contribution is 0.828. The molecule has 5 aromatic rings. The Bertz CT molecular complexity index is 1420. The van der Waals surface area contributed by atoms with Crippen LogP contribution >= 0.6 is 0 Å². The molecule has 1 aliphatic rings. The summed E-state index contributed by atoms with van der Waals surface area (Å²) in [5.41, 5.74) is 15.9. The smallest absolute Gasteiger partial charge is 0.226 e. The van der Waals surface area contributed by atoms with E-state index in [0.717, 1.165) is 47.3 Å². The molecular formula is C29H30N6. The lowest BCUT2D eigenvalue weighted by Crippen LogP contribution is -2.17. The number of nitrogens with two attached hydrogens (primary N) is 1. The molecule has 0 spiro atoms. The second kappa shape index (κ2) is 9.68. The van der Waals surface area contributed by atoms with Gasteiger partial charge < -0.3 is 10.6 Å². The summed E-state index contributed by atoms with van der Waals surface area (Å²) in [5.74, 6) is 0.747. The fourth-order valence-corrected chi connectivity index (χ4v) is 4.38. The second-order valence-electron chi connectivity index (χ2n) is 9.03. The number of fused-ring (bicyclic) bond motifs is 2. The largest absolute Gasteiger partial charge is 0.332 e. The summed E-state index contributed by atoms with van der Waals surface area (Å²) in [6.07, 6.45) is 3.84. The maximum Gasteiger partial charge on any atom is 0.226 e. The SMILES string of the molecule is Cc1ccc(C)cc1.Cc1nc2cc(CN)ccn2c1-c1ccnc(N2Cc3ccccc3C2)n1. The number of aromatic nitrogens is 4. The number of nitrogens with zero attached hydrogens (tertiary/aromatic N) is 5. The topological polar surface area (TPSA) is 72.3 Å². The van der Waals surface area contributed by atoms with E-state index in [-0.39, 0.29) is 0 Å². The van der Waals surface area contributed by atoms with Gasteiger partial charge in [-0.1, -0.05) is 59.7 Å². The second-order valence-corrected chi connectivity index (χ2v) is 9.03. The van der Waals surface area contributed by atoms with Crippen LogP contribution in [0.3, 0.4) is 0 Å². The average Bonchev–Trinajstić information content (AvgIpc) is 3.46. The minimum absolute atomic E-state index is 0.505. The van der Waals surface area contributed by atoms with Crippen molar-refractivity contribution in [3.05, 3.63) is 113 Å². The Kier molecular flexibility index (Phi) is 6.29. The third-order valence-corrected chi connectivity index (χ3v) is 6.33. The van der Waals surface area contributed by atoms with Gasteiger partial charge in [0.05, 0.1) is 17.1 Å². The van der Waals surface area contributed by atoms with Crippen molar-refractivity contribution in [1.29, 1.82) is 0 Å². The number of pyridine rings is 1. The minimum atomic E-state index is 0.505. The Labute approximate surface area is 206 Å². The minimum Gasteiger partial charge on any atom is -0.332 e. The third-order valence-electron chi connectivity index (χ3n) is 6.33. The van der Waals surface area contributed by atoms with Gasteiger partial charge in [-0.05, 0) is 55.7 Å². The summed E-state index contributed by atoms with van der Waals surface area (Å²) in [6.45, 7) is 8.39. The van der Waals surface area contributed by atoms with Crippen molar-refractivity contribution in [3.8, 4) is 11.4 Å². The predicted molar refractivity (Wildman–Crippen MR) is 141 cm³/mol. The summed E-state index contributed by atoms with van der Waals surface area (Å²) in [4.78, 5) is 16.3. The molecule has 6 heteroatoms. The highest BCUT2D eigenvalue weighted by molar-refractivity contribution is 5.65. The molecule has 176 valence electrons. The van der Waals surface area contributed by atoms with Crippen molar-refractivity contribution in [2.75, 3.05) is 4.90 Å². The van der Waals surface area contributed by atoms with E-state index in [9.17, 15) is 0 Å². The molecule has 0 radical (unpaired) electrons. The van der Waals surface area contributed by atoms with Crippen LogP contribution < -0.4 is 10.6 Å². The molecule has 0 saturated carbocycles. The number of rotatable bonds is 3. The molecule has 6 nitrogen and oxygen atoms in total. The zero-order chi connectivity index (χ0) is 24.4. The first-order valence-electron chi connectivity index (χ1n) is 11.9. The molecule has 0 amide bonds. The van der Waals surface area contributed by atoms with E-state index in [0.29, 0.717) is 6.54 Å². The van der Waals surface area contributed by atoms with Crippen LogP contribution in [0.2, 0.25) is 0 Å². The normalized spacial score (nSPS) is 12.4. The van der Waals surface area contributed by atoms with E-state index < -0.39 is 0 Å². The van der Waals surface area contributed by atoms with Crippen LogP contribution in [0.4, 0.5) is 5.95 Å². The van der Waals surface area contributed by atoms with E-state index >= 15 is 0 Å². The number of anilines is 1. The molecule has 1 aliphatic heterocycles. The van der Waals surface area contributed by atoms with Crippen LogP contribution in [0.5, 0.6) is 0 Å². The molecule has 0 fully saturated rings. The first kappa shape index (κ1) is 22.7. The molecule has 3 aromatic heterocycles. The van der Waals surface area contributed by atoms with Gasteiger partial charge in [-0.15, -0.1) is 0 Å². The first-order chi connectivity index (χ1) is 17.0. The fourth-order valence-electron chi connectivity index (χ4n) is 4.38. The number of benzene rings is 2. The number of hydrogen-bond donors (Lipinski definition) is 1. The summed E-state index contributed by atoms with van der Waals surface area (Å²) in [6, 6.07) is 23.0. The highest BCUT2D eigenvalue weighted by Gasteiger charge is 2.22. The lowest BCUT2D eigenvalue weighted by Gasteiger charge is -2.15. The van der Waals surface area contributed by atoms with Gasteiger partial charge in [0.25, 0.3) is 0 Å². The molecule has 2 N–H and O–H groups in total. The molecule has 0 atom stereocenters. The molecule has 2 aromatic carbocycles. The number of imidazole rings is 1. The van der Waals surface area contributed by atoms with Crippen molar-refractivity contribution in [1.82, 2.24) is 19.4 Å². The van der Waals surface area contributed by atoms with Crippen LogP contribution in [0, 0.1) is 20.8 Å². The van der Waals surface area contributed by atoms with Gasteiger partial charge in [0, 0.05) is 32.0 Å². The van der Waals surface area contributed by atoms with Gasteiger partial charge in [-0.3, -0.25) is 4.40 Å². The Balaban J connectivity index is 0.000000271. The molecule has 4 heterocycles. The number of aryl methyl sites for hydroxylation is 3. The van der Waals surface area contributed by atoms with Crippen LogP contribution in [0.1, 0.15) is 33.5 Å². The van der Waals surface area contributed by atoms with E-state index in [1.54, 1.807) is 0 Å². The van der Waals surface area contributed by atoms with Gasteiger partial charge in [0.15, 0.2) is 0 Å². The van der Waals surface area contributed by atoms with E-state index in [1.807, 2.05) is 37.5 Å². The summed E-state index contributed by atoms with van der Waals surface area (Å²) in [7, 11) is 0. The van der Waals surface area contributed by atoms with Crippen molar-refractivity contribution in [3.63, 3.8) is 0 Å². The van der Waals surface area contributed by atoms with Crippen molar-refractivity contribution < 1.29 is 0 Å².